The monoisotopic (exact) mass is 356 g/mol. The zero-order chi connectivity index (χ0) is 15.4. The number of halogens is 1. The number of carbonyl (C=O) groups is 1. The van der Waals surface area contributed by atoms with Crippen molar-refractivity contribution < 1.29 is 9.72 Å². The highest BCUT2D eigenvalue weighted by Gasteiger charge is 2.22. The second kappa shape index (κ2) is 6.86. The fourth-order valence-corrected chi connectivity index (χ4v) is 2.80. The minimum atomic E-state index is -0.394. The highest BCUT2D eigenvalue weighted by molar-refractivity contribution is 9.10. The van der Waals surface area contributed by atoms with Gasteiger partial charge in [0.2, 0.25) is 5.91 Å². The molecule has 3 N–H and O–H groups in total. The molecule has 0 aliphatic carbocycles. The Labute approximate surface area is 130 Å². The number of hydrogen-bond acceptors (Lipinski definition) is 5. The van der Waals surface area contributed by atoms with Crippen molar-refractivity contribution in [1.29, 1.82) is 0 Å². The molecule has 2 rings (SSSR count). The van der Waals surface area contributed by atoms with Crippen molar-refractivity contribution in [2.75, 3.05) is 25.0 Å². The Morgan fingerprint density at radius 3 is 2.71 bits per heavy atom. The van der Waals surface area contributed by atoms with Gasteiger partial charge in [-0.05, 0) is 25.0 Å². The third kappa shape index (κ3) is 4.40. The van der Waals surface area contributed by atoms with Crippen LogP contribution in [0.4, 0.5) is 11.4 Å². The van der Waals surface area contributed by atoms with E-state index in [1.54, 1.807) is 12.1 Å². The second-order valence-corrected chi connectivity index (χ2v) is 6.00. The molecule has 1 aliphatic rings. The summed E-state index contributed by atoms with van der Waals surface area (Å²) >= 11 is 3.24. The molecule has 0 atom stereocenters. The van der Waals surface area contributed by atoms with E-state index in [0.717, 1.165) is 25.9 Å². The summed E-state index contributed by atoms with van der Waals surface area (Å²) in [5, 5.41) is 14.3. The number of amides is 1. The summed E-state index contributed by atoms with van der Waals surface area (Å²) in [6, 6.07) is 5.13. The summed E-state index contributed by atoms with van der Waals surface area (Å²) in [5.41, 5.74) is 5.76. The third-order valence-electron chi connectivity index (χ3n) is 3.48. The Hall–Kier alpha value is -1.67. The van der Waals surface area contributed by atoms with Crippen LogP contribution in [0.1, 0.15) is 12.8 Å². The van der Waals surface area contributed by atoms with Crippen molar-refractivity contribution in [1.82, 2.24) is 4.90 Å². The maximum Gasteiger partial charge on any atom is 0.293 e. The quantitative estimate of drug-likeness (QED) is 0.617. The number of rotatable bonds is 5. The zero-order valence-corrected chi connectivity index (χ0v) is 13.0. The molecule has 114 valence electrons. The van der Waals surface area contributed by atoms with Crippen LogP contribution >= 0.6 is 15.9 Å². The minimum Gasteiger partial charge on any atom is -0.377 e. The lowest BCUT2D eigenvalue weighted by Gasteiger charge is -2.31. The van der Waals surface area contributed by atoms with E-state index < -0.39 is 4.92 Å². The molecule has 0 aromatic heterocycles. The predicted molar refractivity (Wildman–Crippen MR) is 83.1 cm³/mol. The summed E-state index contributed by atoms with van der Waals surface area (Å²) in [5.74, 6) is -0.329. The van der Waals surface area contributed by atoms with E-state index in [1.165, 1.54) is 6.07 Å². The fraction of sp³-hybridized carbons (Fsp3) is 0.462. The number of anilines is 1. The first-order chi connectivity index (χ1) is 9.95. The highest BCUT2D eigenvalue weighted by atomic mass is 79.9. The molecule has 1 aromatic carbocycles. The van der Waals surface area contributed by atoms with Gasteiger partial charge in [0, 0.05) is 29.7 Å². The van der Waals surface area contributed by atoms with Crippen LogP contribution in [0.2, 0.25) is 0 Å². The maximum absolute atomic E-state index is 11.1. The van der Waals surface area contributed by atoms with Crippen LogP contribution in [-0.2, 0) is 4.79 Å². The lowest BCUT2D eigenvalue weighted by Crippen LogP contribution is -2.43. The smallest absolute Gasteiger partial charge is 0.293 e. The minimum absolute atomic E-state index is 0.0592. The van der Waals surface area contributed by atoms with Gasteiger partial charge in [-0.25, -0.2) is 0 Å². The Bertz CT molecular complexity index is 544. The number of nitro benzene ring substituents is 1. The van der Waals surface area contributed by atoms with Gasteiger partial charge in [-0.2, -0.15) is 0 Å². The van der Waals surface area contributed by atoms with Gasteiger partial charge in [-0.1, -0.05) is 15.9 Å². The number of benzene rings is 1. The topological polar surface area (TPSA) is 102 Å². The molecule has 1 fully saturated rings. The standard InChI is InChI=1S/C13H17BrN4O3/c14-9-1-2-11(12(7-9)18(20)21)16-10-3-5-17(6-4-10)8-13(15)19/h1-2,7,10,16H,3-6,8H2,(H2,15,19). The van der Waals surface area contributed by atoms with E-state index >= 15 is 0 Å². The van der Waals surface area contributed by atoms with Crippen LogP contribution in [0.3, 0.4) is 0 Å². The van der Waals surface area contributed by atoms with Gasteiger partial charge in [0.05, 0.1) is 11.5 Å². The molecule has 1 saturated heterocycles. The average Bonchev–Trinajstić information content (AvgIpc) is 2.42. The van der Waals surface area contributed by atoms with Gasteiger partial charge in [-0.3, -0.25) is 19.8 Å². The molecule has 1 aliphatic heterocycles. The van der Waals surface area contributed by atoms with Gasteiger partial charge in [0.25, 0.3) is 5.69 Å². The molecule has 0 spiro atoms. The number of nitrogens with two attached hydrogens (primary N) is 1. The number of likely N-dealkylation sites (tertiary alicyclic amines) is 1. The normalized spacial score (nSPS) is 16.6. The number of nitro groups is 1. The molecular formula is C13H17BrN4O3. The number of carbonyl (C=O) groups excluding carboxylic acids is 1. The first-order valence-electron chi connectivity index (χ1n) is 6.67. The fourth-order valence-electron chi connectivity index (χ4n) is 2.45. The van der Waals surface area contributed by atoms with E-state index in [-0.39, 0.29) is 24.2 Å². The first kappa shape index (κ1) is 15.7. The van der Waals surface area contributed by atoms with Crippen molar-refractivity contribution in [3.63, 3.8) is 0 Å². The number of primary amides is 1. The Kier molecular flexibility index (Phi) is 5.13. The summed E-state index contributed by atoms with van der Waals surface area (Å²) in [7, 11) is 0. The first-order valence-corrected chi connectivity index (χ1v) is 7.46. The van der Waals surface area contributed by atoms with Crippen LogP contribution in [0, 0.1) is 10.1 Å². The number of nitrogens with zero attached hydrogens (tertiary/aromatic N) is 2. The van der Waals surface area contributed by atoms with E-state index in [1.807, 2.05) is 4.90 Å². The number of hydrogen-bond donors (Lipinski definition) is 2. The van der Waals surface area contributed by atoms with Gasteiger partial charge in [0.15, 0.2) is 0 Å². The SMILES string of the molecule is NC(=O)CN1CCC(Nc2ccc(Br)cc2[N+](=O)[O-])CC1. The largest absolute Gasteiger partial charge is 0.377 e. The highest BCUT2D eigenvalue weighted by Crippen LogP contribution is 2.29. The zero-order valence-electron chi connectivity index (χ0n) is 11.4. The summed E-state index contributed by atoms with van der Waals surface area (Å²) in [4.78, 5) is 23.6. The molecule has 8 heteroatoms. The van der Waals surface area contributed by atoms with Gasteiger partial charge >= 0.3 is 0 Å². The molecule has 1 heterocycles. The molecular weight excluding hydrogens is 340 g/mol. The summed E-state index contributed by atoms with van der Waals surface area (Å²) in [6.45, 7) is 1.78. The van der Waals surface area contributed by atoms with Crippen molar-refractivity contribution in [2.45, 2.75) is 18.9 Å². The average molecular weight is 357 g/mol. The van der Waals surface area contributed by atoms with E-state index in [2.05, 4.69) is 21.2 Å². The lowest BCUT2D eigenvalue weighted by molar-refractivity contribution is -0.384. The second-order valence-electron chi connectivity index (χ2n) is 5.08. The molecule has 0 bridgehead atoms. The van der Waals surface area contributed by atoms with Gasteiger partial charge < -0.3 is 11.1 Å². The molecule has 7 nitrogen and oxygen atoms in total. The Morgan fingerprint density at radius 2 is 2.14 bits per heavy atom. The molecule has 21 heavy (non-hydrogen) atoms. The van der Waals surface area contributed by atoms with Crippen molar-refractivity contribution in [3.8, 4) is 0 Å². The lowest BCUT2D eigenvalue weighted by atomic mass is 10.0. The van der Waals surface area contributed by atoms with Crippen molar-refractivity contribution in [3.05, 3.63) is 32.8 Å². The Balaban J connectivity index is 1.97. The third-order valence-corrected chi connectivity index (χ3v) is 3.98. The van der Waals surface area contributed by atoms with Gasteiger partial charge in [-0.15, -0.1) is 0 Å². The van der Waals surface area contributed by atoms with E-state index in [0.29, 0.717) is 10.2 Å². The number of piperidine rings is 1. The van der Waals surface area contributed by atoms with Crippen LogP contribution in [0.25, 0.3) is 0 Å². The van der Waals surface area contributed by atoms with Gasteiger partial charge in [0.1, 0.15) is 5.69 Å². The predicted octanol–water partition coefficient (Wildman–Crippen LogP) is 1.72. The van der Waals surface area contributed by atoms with E-state index in [4.69, 9.17) is 5.73 Å². The van der Waals surface area contributed by atoms with Crippen LogP contribution in [0.15, 0.2) is 22.7 Å². The van der Waals surface area contributed by atoms with Crippen LogP contribution in [-0.4, -0.2) is 41.4 Å². The summed E-state index contributed by atoms with van der Waals surface area (Å²) < 4.78 is 0.677. The van der Waals surface area contributed by atoms with Crippen molar-refractivity contribution in [2.24, 2.45) is 5.73 Å². The van der Waals surface area contributed by atoms with E-state index in [9.17, 15) is 14.9 Å². The number of nitrogens with one attached hydrogen (secondary N) is 1. The molecule has 0 radical (unpaired) electrons. The molecule has 1 amide bonds. The molecule has 0 saturated carbocycles. The molecule has 1 aromatic rings. The van der Waals surface area contributed by atoms with Crippen LogP contribution < -0.4 is 11.1 Å². The van der Waals surface area contributed by atoms with Crippen LogP contribution in [0.5, 0.6) is 0 Å². The maximum atomic E-state index is 11.1. The summed E-state index contributed by atoms with van der Waals surface area (Å²) in [6.07, 6.45) is 1.64. The Morgan fingerprint density at radius 1 is 1.48 bits per heavy atom. The molecule has 0 unspecified atom stereocenters. The van der Waals surface area contributed by atoms with Crippen molar-refractivity contribution >= 4 is 33.2 Å².